The van der Waals surface area contributed by atoms with E-state index in [9.17, 15) is 18.8 Å². The van der Waals surface area contributed by atoms with Gasteiger partial charge in [-0.05, 0) is 12.1 Å². The molecule has 0 atom stereocenters. The molecule has 0 aliphatic heterocycles. The van der Waals surface area contributed by atoms with E-state index in [1.807, 2.05) is 5.32 Å². The highest BCUT2D eigenvalue weighted by Gasteiger charge is 2.16. The number of rotatable bonds is 6. The van der Waals surface area contributed by atoms with Crippen LogP contribution in [0.2, 0.25) is 0 Å². The monoisotopic (exact) mass is 310 g/mol. The van der Waals surface area contributed by atoms with Gasteiger partial charge in [0, 0.05) is 12.6 Å². The summed E-state index contributed by atoms with van der Waals surface area (Å²) < 4.78 is 23.0. The molecule has 0 aromatic heterocycles. The second kappa shape index (κ2) is 8.40. The molecule has 1 aromatic rings. The van der Waals surface area contributed by atoms with E-state index in [1.165, 1.54) is 25.3 Å². The molecule has 0 unspecified atom stereocenters. The van der Waals surface area contributed by atoms with Crippen LogP contribution in [-0.4, -0.2) is 38.2 Å². The van der Waals surface area contributed by atoms with Crippen LogP contribution in [-0.2, 0) is 9.53 Å². The molecule has 8 heteroatoms. The van der Waals surface area contributed by atoms with Crippen molar-refractivity contribution in [3.05, 3.63) is 42.2 Å². The van der Waals surface area contributed by atoms with Crippen LogP contribution in [0.1, 0.15) is 10.4 Å². The summed E-state index contributed by atoms with van der Waals surface area (Å²) in [5, 5.41) is 4.23. The van der Waals surface area contributed by atoms with Crippen molar-refractivity contribution in [1.82, 2.24) is 10.6 Å². The number of urea groups is 1. The zero-order valence-corrected chi connectivity index (χ0v) is 11.8. The molecule has 0 saturated heterocycles. The lowest BCUT2D eigenvalue weighted by molar-refractivity contribution is -0.123. The van der Waals surface area contributed by atoms with Gasteiger partial charge < -0.3 is 14.8 Å². The van der Waals surface area contributed by atoms with Crippen molar-refractivity contribution in [2.75, 3.05) is 20.3 Å². The Morgan fingerprint density at radius 2 is 2.09 bits per heavy atom. The average molecular weight is 310 g/mol. The molecule has 3 amide bonds. The predicted octanol–water partition coefficient (Wildman–Crippen LogP) is 1.00. The van der Waals surface area contributed by atoms with Crippen molar-refractivity contribution >= 4 is 17.9 Å². The number of ether oxygens (including phenoxy) is 2. The van der Waals surface area contributed by atoms with Crippen LogP contribution in [0.5, 0.6) is 5.75 Å². The second-order valence-electron chi connectivity index (χ2n) is 3.97. The largest absolute Gasteiger partial charge is 0.497 e. The van der Waals surface area contributed by atoms with E-state index in [0.717, 1.165) is 6.07 Å². The normalized spacial score (nSPS) is 9.55. The maximum atomic E-state index is 13.6. The smallest absolute Gasteiger partial charge is 0.341 e. The number of esters is 1. The number of methoxy groups -OCH3 is 1. The first kappa shape index (κ1) is 17.2. The van der Waals surface area contributed by atoms with Crippen LogP contribution in [0, 0.1) is 5.82 Å². The Bertz CT molecular complexity index is 589. The lowest BCUT2D eigenvalue weighted by Crippen LogP contribution is -2.41. The minimum absolute atomic E-state index is 0.177. The number of imide groups is 1. The van der Waals surface area contributed by atoms with Crippen LogP contribution < -0.4 is 15.4 Å². The summed E-state index contributed by atoms with van der Waals surface area (Å²) in [5.74, 6) is -2.47. The Morgan fingerprint density at radius 3 is 2.68 bits per heavy atom. The second-order valence-corrected chi connectivity index (χ2v) is 3.97. The summed E-state index contributed by atoms with van der Waals surface area (Å²) in [6, 6.07) is 2.81. The molecular weight excluding hydrogens is 295 g/mol. The number of carbonyl (C=O) groups is 3. The minimum atomic E-state index is -1.03. The Morgan fingerprint density at radius 1 is 1.36 bits per heavy atom. The fourth-order valence-electron chi connectivity index (χ4n) is 1.37. The standard InChI is InChI=1S/C14H15FN2O5/c1-3-6-16-14(20)17-12(18)8-22-13(19)10-5-4-9(21-2)7-11(10)15/h3-5,7H,1,6,8H2,2H3,(H2,16,17,18,20). The molecule has 7 nitrogen and oxygen atoms in total. The number of hydrogen-bond donors (Lipinski definition) is 2. The topological polar surface area (TPSA) is 93.7 Å². The van der Waals surface area contributed by atoms with Crippen molar-refractivity contribution in [1.29, 1.82) is 0 Å². The Kier molecular flexibility index (Phi) is 6.55. The summed E-state index contributed by atoms with van der Waals surface area (Å²) in [7, 11) is 1.36. The Balaban J connectivity index is 2.50. The number of halogens is 1. The average Bonchev–Trinajstić information content (AvgIpc) is 2.50. The van der Waals surface area contributed by atoms with Crippen molar-refractivity contribution in [2.45, 2.75) is 0 Å². The Labute approximate surface area is 126 Å². The molecule has 0 aliphatic carbocycles. The quantitative estimate of drug-likeness (QED) is 0.604. The van der Waals surface area contributed by atoms with Crippen LogP contribution in [0.3, 0.4) is 0 Å². The van der Waals surface area contributed by atoms with Gasteiger partial charge in [-0.15, -0.1) is 6.58 Å². The van der Waals surface area contributed by atoms with E-state index in [2.05, 4.69) is 16.6 Å². The molecule has 0 fully saturated rings. The van der Waals surface area contributed by atoms with E-state index in [4.69, 9.17) is 4.74 Å². The van der Waals surface area contributed by atoms with Gasteiger partial charge in [0.2, 0.25) is 0 Å². The van der Waals surface area contributed by atoms with Gasteiger partial charge in [0.25, 0.3) is 5.91 Å². The summed E-state index contributed by atoms with van der Waals surface area (Å²) in [6.45, 7) is 2.84. The zero-order valence-electron chi connectivity index (χ0n) is 11.8. The van der Waals surface area contributed by atoms with Gasteiger partial charge in [0.05, 0.1) is 12.7 Å². The summed E-state index contributed by atoms with van der Waals surface area (Å²) >= 11 is 0. The molecule has 0 aliphatic rings. The molecule has 0 radical (unpaired) electrons. The fraction of sp³-hybridized carbons (Fsp3) is 0.214. The van der Waals surface area contributed by atoms with Gasteiger partial charge in [-0.2, -0.15) is 0 Å². The molecule has 22 heavy (non-hydrogen) atoms. The van der Waals surface area contributed by atoms with Gasteiger partial charge in [-0.25, -0.2) is 14.0 Å². The predicted molar refractivity (Wildman–Crippen MR) is 75.0 cm³/mol. The minimum Gasteiger partial charge on any atom is -0.497 e. The lowest BCUT2D eigenvalue weighted by atomic mass is 10.2. The van der Waals surface area contributed by atoms with Crippen LogP contribution in [0.4, 0.5) is 9.18 Å². The van der Waals surface area contributed by atoms with Crippen molar-refractivity contribution in [2.24, 2.45) is 0 Å². The van der Waals surface area contributed by atoms with E-state index < -0.39 is 30.3 Å². The lowest BCUT2D eigenvalue weighted by Gasteiger charge is -2.07. The first-order valence-corrected chi connectivity index (χ1v) is 6.17. The molecule has 0 bridgehead atoms. The van der Waals surface area contributed by atoms with Gasteiger partial charge in [-0.1, -0.05) is 6.08 Å². The van der Waals surface area contributed by atoms with Crippen molar-refractivity contribution < 1.29 is 28.2 Å². The van der Waals surface area contributed by atoms with E-state index in [1.54, 1.807) is 0 Å². The number of carbonyl (C=O) groups excluding carboxylic acids is 3. The van der Waals surface area contributed by atoms with Crippen LogP contribution in [0.15, 0.2) is 30.9 Å². The fourth-order valence-corrected chi connectivity index (χ4v) is 1.37. The first-order chi connectivity index (χ1) is 10.5. The highest BCUT2D eigenvalue weighted by molar-refractivity contribution is 5.97. The van der Waals surface area contributed by atoms with Crippen LogP contribution in [0.25, 0.3) is 0 Å². The van der Waals surface area contributed by atoms with Gasteiger partial charge in [-0.3, -0.25) is 10.1 Å². The third-order valence-corrected chi connectivity index (χ3v) is 2.39. The SMILES string of the molecule is C=CCNC(=O)NC(=O)COC(=O)c1ccc(OC)cc1F. The molecule has 1 aromatic carbocycles. The van der Waals surface area contributed by atoms with E-state index in [0.29, 0.717) is 0 Å². The van der Waals surface area contributed by atoms with Crippen molar-refractivity contribution in [3.63, 3.8) is 0 Å². The summed E-state index contributed by atoms with van der Waals surface area (Å²) in [4.78, 5) is 34.1. The number of benzene rings is 1. The van der Waals surface area contributed by atoms with Gasteiger partial charge >= 0.3 is 12.0 Å². The molecule has 1 rings (SSSR count). The highest BCUT2D eigenvalue weighted by Crippen LogP contribution is 2.16. The maximum Gasteiger partial charge on any atom is 0.341 e. The number of amides is 3. The zero-order chi connectivity index (χ0) is 16.5. The number of nitrogens with one attached hydrogen (secondary N) is 2. The maximum absolute atomic E-state index is 13.6. The summed E-state index contributed by atoms with van der Waals surface area (Å²) in [5.41, 5.74) is -0.343. The third kappa shape index (κ3) is 5.23. The molecule has 0 heterocycles. The van der Waals surface area contributed by atoms with Crippen LogP contribution >= 0.6 is 0 Å². The Hall–Kier alpha value is -2.90. The molecule has 118 valence electrons. The first-order valence-electron chi connectivity index (χ1n) is 6.17. The third-order valence-electron chi connectivity index (χ3n) is 2.39. The molecular formula is C14H15FN2O5. The molecule has 2 N–H and O–H groups in total. The van der Waals surface area contributed by atoms with Gasteiger partial charge in [0.1, 0.15) is 11.6 Å². The van der Waals surface area contributed by atoms with E-state index >= 15 is 0 Å². The van der Waals surface area contributed by atoms with Gasteiger partial charge in [0.15, 0.2) is 6.61 Å². The highest BCUT2D eigenvalue weighted by atomic mass is 19.1. The number of hydrogen-bond acceptors (Lipinski definition) is 5. The molecule has 0 spiro atoms. The van der Waals surface area contributed by atoms with Crippen molar-refractivity contribution in [3.8, 4) is 5.75 Å². The van der Waals surface area contributed by atoms with E-state index in [-0.39, 0.29) is 17.9 Å². The molecule has 0 saturated carbocycles. The summed E-state index contributed by atoms with van der Waals surface area (Å²) in [6.07, 6.45) is 1.43.